The second-order valence-electron chi connectivity index (χ2n) is 6.75. The lowest BCUT2D eigenvalue weighted by Gasteiger charge is -2.19. The van der Waals surface area contributed by atoms with Crippen LogP contribution in [0, 0.1) is 0 Å². The molecule has 1 nitrogen and oxygen atoms in total. The van der Waals surface area contributed by atoms with E-state index in [0.717, 1.165) is 23.8 Å². The SMILES string of the molecule is CCCCCCCCCc1ccc([C@H](N)C(F)(F)F)c2ccccc12. The van der Waals surface area contributed by atoms with E-state index in [4.69, 9.17) is 5.73 Å². The molecular formula is C21H28F3N. The predicted octanol–water partition coefficient (Wildman–Crippen LogP) is 6.70. The van der Waals surface area contributed by atoms with Gasteiger partial charge in [0.05, 0.1) is 0 Å². The van der Waals surface area contributed by atoms with Crippen LogP contribution in [0.4, 0.5) is 13.2 Å². The number of aryl methyl sites for hydroxylation is 1. The Morgan fingerprint density at radius 1 is 0.840 bits per heavy atom. The molecule has 0 amide bonds. The fraction of sp³-hybridized carbons (Fsp3) is 0.524. The van der Waals surface area contributed by atoms with E-state index in [0.29, 0.717) is 5.39 Å². The normalized spacial score (nSPS) is 13.3. The summed E-state index contributed by atoms with van der Waals surface area (Å²) in [5.41, 5.74) is 6.71. The molecular weight excluding hydrogens is 323 g/mol. The van der Waals surface area contributed by atoms with Crippen LogP contribution in [-0.4, -0.2) is 6.18 Å². The quantitative estimate of drug-likeness (QED) is 0.500. The second kappa shape index (κ2) is 9.23. The Balaban J connectivity index is 2.07. The molecule has 2 aromatic carbocycles. The number of rotatable bonds is 9. The molecule has 25 heavy (non-hydrogen) atoms. The third-order valence-electron chi connectivity index (χ3n) is 4.79. The average Bonchev–Trinajstić information content (AvgIpc) is 2.59. The van der Waals surface area contributed by atoms with Crippen LogP contribution >= 0.6 is 0 Å². The van der Waals surface area contributed by atoms with Gasteiger partial charge in [0.15, 0.2) is 0 Å². The summed E-state index contributed by atoms with van der Waals surface area (Å²) in [5.74, 6) is 0. The van der Waals surface area contributed by atoms with Crippen molar-refractivity contribution in [3.8, 4) is 0 Å². The van der Waals surface area contributed by atoms with Crippen molar-refractivity contribution in [3.05, 3.63) is 47.5 Å². The third kappa shape index (κ3) is 5.46. The number of hydrogen-bond donors (Lipinski definition) is 1. The van der Waals surface area contributed by atoms with Crippen LogP contribution in [0.25, 0.3) is 10.8 Å². The minimum Gasteiger partial charge on any atom is -0.316 e. The Morgan fingerprint density at radius 2 is 1.44 bits per heavy atom. The third-order valence-corrected chi connectivity index (χ3v) is 4.79. The summed E-state index contributed by atoms with van der Waals surface area (Å²) in [5, 5.41) is 1.51. The van der Waals surface area contributed by atoms with Crippen LogP contribution in [0.3, 0.4) is 0 Å². The summed E-state index contributed by atoms with van der Waals surface area (Å²) in [4.78, 5) is 0. The summed E-state index contributed by atoms with van der Waals surface area (Å²) >= 11 is 0. The van der Waals surface area contributed by atoms with Gasteiger partial charge in [-0.25, -0.2) is 0 Å². The molecule has 0 unspecified atom stereocenters. The summed E-state index contributed by atoms with van der Waals surface area (Å²) in [6.45, 7) is 2.21. The molecule has 2 rings (SSSR count). The van der Waals surface area contributed by atoms with E-state index in [1.807, 2.05) is 18.2 Å². The van der Waals surface area contributed by atoms with Crippen molar-refractivity contribution >= 4 is 10.8 Å². The number of halogens is 3. The maximum Gasteiger partial charge on any atom is 0.407 e. The lowest BCUT2D eigenvalue weighted by atomic mass is 9.93. The van der Waals surface area contributed by atoms with Crippen molar-refractivity contribution in [2.24, 2.45) is 5.73 Å². The lowest BCUT2D eigenvalue weighted by molar-refractivity contribution is -0.148. The molecule has 0 aromatic heterocycles. The van der Waals surface area contributed by atoms with Gasteiger partial charge in [0.2, 0.25) is 0 Å². The van der Waals surface area contributed by atoms with Crippen LogP contribution in [0.15, 0.2) is 36.4 Å². The molecule has 0 aliphatic heterocycles. The number of fused-ring (bicyclic) bond motifs is 1. The summed E-state index contributed by atoms with van der Waals surface area (Å²) in [7, 11) is 0. The van der Waals surface area contributed by atoms with Gasteiger partial charge in [-0.2, -0.15) is 13.2 Å². The number of nitrogens with two attached hydrogens (primary N) is 1. The molecule has 4 heteroatoms. The first kappa shape index (κ1) is 19.8. The lowest BCUT2D eigenvalue weighted by Crippen LogP contribution is -2.28. The van der Waals surface area contributed by atoms with Gasteiger partial charge in [-0.05, 0) is 34.7 Å². The maximum atomic E-state index is 13.0. The summed E-state index contributed by atoms with van der Waals surface area (Å²) in [6.07, 6.45) is 5.05. The number of benzene rings is 2. The van der Waals surface area contributed by atoms with Gasteiger partial charge < -0.3 is 5.73 Å². The highest BCUT2D eigenvalue weighted by molar-refractivity contribution is 5.89. The molecule has 0 radical (unpaired) electrons. The highest BCUT2D eigenvalue weighted by atomic mass is 19.4. The molecule has 0 saturated carbocycles. The first-order valence-corrected chi connectivity index (χ1v) is 9.28. The zero-order valence-electron chi connectivity index (χ0n) is 14.9. The number of unbranched alkanes of at least 4 members (excludes halogenated alkanes) is 6. The topological polar surface area (TPSA) is 26.0 Å². The zero-order chi connectivity index (χ0) is 18.3. The van der Waals surface area contributed by atoms with E-state index in [2.05, 4.69) is 6.92 Å². The molecule has 1 atom stereocenters. The minimum atomic E-state index is -4.43. The van der Waals surface area contributed by atoms with Crippen LogP contribution in [-0.2, 0) is 6.42 Å². The average molecular weight is 351 g/mol. The van der Waals surface area contributed by atoms with Gasteiger partial charge in [0.1, 0.15) is 6.04 Å². The van der Waals surface area contributed by atoms with E-state index < -0.39 is 12.2 Å². The summed E-state index contributed by atoms with van der Waals surface area (Å²) in [6, 6.07) is 8.72. The van der Waals surface area contributed by atoms with Crippen molar-refractivity contribution in [1.29, 1.82) is 0 Å². The fourth-order valence-corrected chi connectivity index (χ4v) is 3.32. The Labute approximate surface area is 148 Å². The van der Waals surface area contributed by atoms with Crippen molar-refractivity contribution < 1.29 is 13.2 Å². The molecule has 0 bridgehead atoms. The fourth-order valence-electron chi connectivity index (χ4n) is 3.32. The van der Waals surface area contributed by atoms with Crippen molar-refractivity contribution in [1.82, 2.24) is 0 Å². The molecule has 2 N–H and O–H groups in total. The number of alkyl halides is 3. The van der Waals surface area contributed by atoms with Crippen molar-refractivity contribution in [3.63, 3.8) is 0 Å². The number of hydrogen-bond acceptors (Lipinski definition) is 1. The van der Waals surface area contributed by atoms with E-state index in [1.165, 1.54) is 38.5 Å². The Hall–Kier alpha value is -1.55. The zero-order valence-corrected chi connectivity index (χ0v) is 14.9. The van der Waals surface area contributed by atoms with Crippen molar-refractivity contribution in [2.45, 2.75) is 70.5 Å². The first-order chi connectivity index (χ1) is 11.9. The largest absolute Gasteiger partial charge is 0.407 e. The van der Waals surface area contributed by atoms with E-state index >= 15 is 0 Å². The van der Waals surface area contributed by atoms with Crippen LogP contribution in [0.2, 0.25) is 0 Å². The molecule has 0 aliphatic carbocycles. The molecule has 138 valence electrons. The molecule has 0 saturated heterocycles. The standard InChI is InChI=1S/C21H28F3N/c1-2-3-4-5-6-7-8-11-16-14-15-19(20(25)21(22,23)24)18-13-10-9-12-17(16)18/h9-10,12-15,20H,2-8,11,25H2,1H3/t20-/m0/s1. The van der Waals surface area contributed by atoms with Gasteiger partial charge in [0.25, 0.3) is 0 Å². The predicted molar refractivity (Wildman–Crippen MR) is 98.6 cm³/mol. The Kier molecular flexibility index (Phi) is 7.30. The smallest absolute Gasteiger partial charge is 0.316 e. The maximum absolute atomic E-state index is 13.0. The Bertz CT molecular complexity index is 664. The van der Waals surface area contributed by atoms with Crippen molar-refractivity contribution in [2.75, 3.05) is 0 Å². The molecule has 2 aromatic rings. The van der Waals surface area contributed by atoms with Gasteiger partial charge in [-0.15, -0.1) is 0 Å². The second-order valence-corrected chi connectivity index (χ2v) is 6.75. The van der Waals surface area contributed by atoms with Gasteiger partial charge in [0, 0.05) is 0 Å². The minimum absolute atomic E-state index is 0.159. The molecule has 0 fully saturated rings. The van der Waals surface area contributed by atoms with E-state index in [1.54, 1.807) is 18.2 Å². The van der Waals surface area contributed by atoms with Crippen LogP contribution < -0.4 is 5.73 Å². The van der Waals surface area contributed by atoms with E-state index in [9.17, 15) is 13.2 Å². The van der Waals surface area contributed by atoms with Crippen LogP contribution in [0.5, 0.6) is 0 Å². The van der Waals surface area contributed by atoms with Gasteiger partial charge >= 0.3 is 6.18 Å². The Morgan fingerprint density at radius 3 is 2.08 bits per heavy atom. The molecule has 0 spiro atoms. The monoisotopic (exact) mass is 351 g/mol. The molecule has 0 heterocycles. The summed E-state index contributed by atoms with van der Waals surface area (Å²) < 4.78 is 39.0. The first-order valence-electron chi connectivity index (χ1n) is 9.28. The highest BCUT2D eigenvalue weighted by Gasteiger charge is 2.38. The van der Waals surface area contributed by atoms with Gasteiger partial charge in [-0.3, -0.25) is 0 Å². The van der Waals surface area contributed by atoms with Crippen LogP contribution in [0.1, 0.15) is 69.0 Å². The highest BCUT2D eigenvalue weighted by Crippen LogP contribution is 2.35. The molecule has 0 aliphatic rings. The van der Waals surface area contributed by atoms with E-state index in [-0.39, 0.29) is 5.56 Å². The van der Waals surface area contributed by atoms with Gasteiger partial charge in [-0.1, -0.05) is 81.8 Å².